The zero-order valence-electron chi connectivity index (χ0n) is 14.3. The maximum Gasteiger partial charge on any atom is 0.213 e. The molecule has 0 spiro atoms. The highest BCUT2D eigenvalue weighted by Crippen LogP contribution is 2.31. The Morgan fingerprint density at radius 2 is 1.44 bits per heavy atom. The van der Waals surface area contributed by atoms with Gasteiger partial charge >= 0.3 is 0 Å². The molecule has 0 radical (unpaired) electrons. The number of benzene rings is 3. The number of hydrogen-bond donors (Lipinski definition) is 0. The molecule has 0 amide bonds. The first-order chi connectivity index (χ1) is 12.1. The summed E-state index contributed by atoms with van der Waals surface area (Å²) < 4.78 is 16.7. The molecule has 0 unspecified atom stereocenters. The molecular formula is C23H19FN+. The van der Waals surface area contributed by atoms with Gasteiger partial charge < -0.3 is 0 Å². The average molecular weight is 328 g/mol. The van der Waals surface area contributed by atoms with Crippen LogP contribution >= 0.6 is 0 Å². The van der Waals surface area contributed by atoms with Crippen molar-refractivity contribution in [2.75, 3.05) is 0 Å². The van der Waals surface area contributed by atoms with Crippen molar-refractivity contribution in [3.05, 3.63) is 90.4 Å². The Morgan fingerprint density at radius 1 is 0.760 bits per heavy atom. The normalized spacial score (nSPS) is 11.0. The summed E-state index contributed by atoms with van der Waals surface area (Å²) in [5, 5.41) is 2.37. The topological polar surface area (TPSA) is 3.88 Å². The maximum atomic E-state index is 14.6. The van der Waals surface area contributed by atoms with E-state index in [0.29, 0.717) is 5.56 Å². The lowest BCUT2D eigenvalue weighted by atomic mass is 9.96. The lowest BCUT2D eigenvalue weighted by molar-refractivity contribution is -0.659. The van der Waals surface area contributed by atoms with Gasteiger partial charge in [0.2, 0.25) is 5.69 Å². The van der Waals surface area contributed by atoms with Crippen LogP contribution in [-0.2, 0) is 7.05 Å². The molecule has 1 aromatic heterocycles. The Bertz CT molecular complexity index is 1070. The van der Waals surface area contributed by atoms with Gasteiger partial charge in [-0.3, -0.25) is 0 Å². The third-order valence-corrected chi connectivity index (χ3v) is 4.68. The van der Waals surface area contributed by atoms with Crippen molar-refractivity contribution in [2.24, 2.45) is 7.05 Å². The Hall–Kier alpha value is -3.00. The van der Waals surface area contributed by atoms with Crippen molar-refractivity contribution < 1.29 is 8.96 Å². The first-order valence-electron chi connectivity index (χ1n) is 8.38. The molecule has 3 aromatic carbocycles. The van der Waals surface area contributed by atoms with Gasteiger partial charge in [0.1, 0.15) is 12.9 Å². The quantitative estimate of drug-likeness (QED) is 0.431. The third-order valence-electron chi connectivity index (χ3n) is 4.68. The van der Waals surface area contributed by atoms with Crippen molar-refractivity contribution in [1.29, 1.82) is 0 Å². The summed E-state index contributed by atoms with van der Waals surface area (Å²) in [4.78, 5) is 0. The highest BCUT2D eigenvalue weighted by Gasteiger charge is 2.17. The Labute approximate surface area is 147 Å². The van der Waals surface area contributed by atoms with E-state index in [-0.39, 0.29) is 5.82 Å². The van der Waals surface area contributed by atoms with Crippen molar-refractivity contribution >= 4 is 10.8 Å². The minimum Gasteiger partial charge on any atom is -0.206 e. The van der Waals surface area contributed by atoms with Crippen molar-refractivity contribution in [2.45, 2.75) is 6.92 Å². The summed E-state index contributed by atoms with van der Waals surface area (Å²) in [7, 11) is 2.03. The van der Waals surface area contributed by atoms with E-state index in [1.54, 1.807) is 6.07 Å². The molecule has 0 N–H and O–H groups in total. The van der Waals surface area contributed by atoms with Crippen LogP contribution in [0.3, 0.4) is 0 Å². The maximum absolute atomic E-state index is 14.6. The number of pyridine rings is 1. The third kappa shape index (κ3) is 2.80. The number of fused-ring (bicyclic) bond motifs is 1. The molecule has 0 fully saturated rings. The zero-order valence-corrected chi connectivity index (χ0v) is 14.3. The van der Waals surface area contributed by atoms with Crippen LogP contribution in [0.25, 0.3) is 33.2 Å². The number of halogens is 1. The van der Waals surface area contributed by atoms with E-state index in [4.69, 9.17) is 0 Å². The van der Waals surface area contributed by atoms with Crippen LogP contribution in [0.2, 0.25) is 0 Å². The van der Waals surface area contributed by atoms with Crippen LogP contribution in [0.5, 0.6) is 0 Å². The summed E-state index contributed by atoms with van der Waals surface area (Å²) in [6.07, 6.45) is 2.12. The summed E-state index contributed by atoms with van der Waals surface area (Å²) >= 11 is 0. The van der Waals surface area contributed by atoms with E-state index in [1.807, 2.05) is 62.5 Å². The number of nitrogens with zero attached hydrogens (tertiary/aromatic N) is 1. The van der Waals surface area contributed by atoms with Crippen LogP contribution < -0.4 is 4.57 Å². The number of aromatic nitrogens is 1. The van der Waals surface area contributed by atoms with Crippen molar-refractivity contribution in [3.8, 4) is 22.4 Å². The van der Waals surface area contributed by atoms with Gasteiger partial charge in [-0.1, -0.05) is 48.5 Å². The Balaban J connectivity index is 1.95. The molecule has 25 heavy (non-hydrogen) atoms. The highest BCUT2D eigenvalue weighted by atomic mass is 19.1. The van der Waals surface area contributed by atoms with E-state index in [2.05, 4.69) is 29.0 Å². The molecule has 4 aromatic rings. The molecule has 0 saturated carbocycles. The SMILES string of the molecule is Cc1cc(F)c(-c2ccccc2)cc1-c1cc2ccccc2c[n+]1C. The smallest absolute Gasteiger partial charge is 0.206 e. The van der Waals surface area contributed by atoms with Gasteiger partial charge in [-0.25, -0.2) is 8.96 Å². The van der Waals surface area contributed by atoms with Crippen LogP contribution in [0.1, 0.15) is 5.56 Å². The fourth-order valence-corrected chi connectivity index (χ4v) is 3.34. The van der Waals surface area contributed by atoms with E-state index in [1.165, 1.54) is 10.8 Å². The van der Waals surface area contributed by atoms with Crippen LogP contribution in [-0.4, -0.2) is 0 Å². The molecule has 0 aliphatic heterocycles. The first-order valence-corrected chi connectivity index (χ1v) is 8.38. The van der Waals surface area contributed by atoms with Crippen LogP contribution in [0.15, 0.2) is 79.0 Å². The summed E-state index contributed by atoms with van der Waals surface area (Å²) in [5.41, 5.74) is 4.59. The molecule has 1 heterocycles. The highest BCUT2D eigenvalue weighted by molar-refractivity contribution is 5.84. The summed E-state index contributed by atoms with van der Waals surface area (Å²) in [5.74, 6) is -0.184. The Kier molecular flexibility index (Phi) is 3.81. The minimum absolute atomic E-state index is 0.184. The molecule has 0 bridgehead atoms. The molecule has 0 aliphatic rings. The van der Waals surface area contributed by atoms with Gasteiger partial charge in [-0.2, -0.15) is 0 Å². The average Bonchev–Trinajstić information content (AvgIpc) is 2.62. The number of rotatable bonds is 2. The fourth-order valence-electron chi connectivity index (χ4n) is 3.34. The standard InChI is InChI=1S/C23H19FN/c1-16-12-22(24)21(17-8-4-3-5-9-17)14-20(16)23-13-18-10-6-7-11-19(18)15-25(23)2/h3-15H,1-2H3/q+1. The summed E-state index contributed by atoms with van der Waals surface area (Å²) in [6, 6.07) is 23.8. The molecular weight excluding hydrogens is 309 g/mol. The second kappa shape index (κ2) is 6.14. The monoisotopic (exact) mass is 328 g/mol. The largest absolute Gasteiger partial charge is 0.213 e. The molecule has 4 rings (SSSR count). The van der Waals surface area contributed by atoms with Gasteiger partial charge in [0.25, 0.3) is 0 Å². The second-order valence-corrected chi connectivity index (χ2v) is 6.41. The lowest BCUT2D eigenvalue weighted by Gasteiger charge is -2.10. The predicted octanol–water partition coefficient (Wildman–Crippen LogP) is 5.45. The molecule has 122 valence electrons. The Morgan fingerprint density at radius 3 is 2.20 bits per heavy atom. The molecule has 0 atom stereocenters. The van der Waals surface area contributed by atoms with Gasteiger partial charge in [0.05, 0.1) is 0 Å². The van der Waals surface area contributed by atoms with E-state index >= 15 is 0 Å². The van der Waals surface area contributed by atoms with Crippen LogP contribution in [0, 0.1) is 12.7 Å². The van der Waals surface area contributed by atoms with E-state index < -0.39 is 0 Å². The molecule has 0 aliphatic carbocycles. The lowest BCUT2D eigenvalue weighted by Crippen LogP contribution is -2.30. The van der Waals surface area contributed by atoms with Crippen LogP contribution in [0.4, 0.5) is 4.39 Å². The second-order valence-electron chi connectivity index (χ2n) is 6.41. The van der Waals surface area contributed by atoms with Gasteiger partial charge in [0.15, 0.2) is 6.20 Å². The number of hydrogen-bond acceptors (Lipinski definition) is 0. The minimum atomic E-state index is -0.184. The van der Waals surface area contributed by atoms with E-state index in [0.717, 1.165) is 22.4 Å². The number of aryl methyl sites for hydroxylation is 2. The summed E-state index contributed by atoms with van der Waals surface area (Å²) in [6.45, 7) is 1.96. The van der Waals surface area contributed by atoms with E-state index in [9.17, 15) is 4.39 Å². The van der Waals surface area contributed by atoms with Gasteiger partial charge in [0, 0.05) is 22.6 Å². The molecule has 0 saturated heterocycles. The van der Waals surface area contributed by atoms with Gasteiger partial charge in [-0.15, -0.1) is 0 Å². The fraction of sp³-hybridized carbons (Fsp3) is 0.0870. The van der Waals surface area contributed by atoms with Crippen molar-refractivity contribution in [1.82, 2.24) is 0 Å². The van der Waals surface area contributed by atoms with Crippen molar-refractivity contribution in [3.63, 3.8) is 0 Å². The predicted molar refractivity (Wildman–Crippen MR) is 101 cm³/mol. The molecule has 2 heteroatoms. The van der Waals surface area contributed by atoms with Gasteiger partial charge in [-0.05, 0) is 41.6 Å². The molecule has 1 nitrogen and oxygen atoms in total. The first kappa shape index (κ1) is 15.5. The zero-order chi connectivity index (χ0) is 17.4.